The maximum atomic E-state index is 13.1. The van der Waals surface area contributed by atoms with Crippen molar-refractivity contribution in [2.24, 2.45) is 0 Å². The average Bonchev–Trinajstić information content (AvgIpc) is 2.59. The van der Waals surface area contributed by atoms with Crippen molar-refractivity contribution in [2.75, 3.05) is 11.9 Å². The number of sulfonamides is 1. The van der Waals surface area contributed by atoms with Crippen LogP contribution in [0.2, 0.25) is 0 Å². The maximum Gasteiger partial charge on any atom is 0.244 e. The van der Waals surface area contributed by atoms with Gasteiger partial charge in [0.2, 0.25) is 15.9 Å². The van der Waals surface area contributed by atoms with Crippen molar-refractivity contribution in [3.8, 4) is 0 Å². The number of rotatable bonds is 6. The molecule has 26 heavy (non-hydrogen) atoms. The summed E-state index contributed by atoms with van der Waals surface area (Å²) < 4.78 is 27.5. The number of nitrogens with one attached hydrogen (secondary N) is 1. The quantitative estimate of drug-likeness (QED) is 0.839. The van der Waals surface area contributed by atoms with Gasteiger partial charge in [0.25, 0.3) is 0 Å². The minimum Gasteiger partial charge on any atom is -0.325 e. The van der Waals surface area contributed by atoms with Crippen molar-refractivity contribution >= 4 is 21.6 Å². The van der Waals surface area contributed by atoms with E-state index in [9.17, 15) is 13.2 Å². The second kappa shape index (κ2) is 8.01. The van der Waals surface area contributed by atoms with E-state index < -0.39 is 16.1 Å². The van der Waals surface area contributed by atoms with Crippen molar-refractivity contribution in [1.82, 2.24) is 4.31 Å². The van der Waals surface area contributed by atoms with Crippen molar-refractivity contribution in [3.05, 3.63) is 59.2 Å². The van der Waals surface area contributed by atoms with Gasteiger partial charge in [0.05, 0.1) is 4.90 Å². The third-order valence-electron chi connectivity index (χ3n) is 4.37. The molecule has 5 nitrogen and oxygen atoms in total. The van der Waals surface area contributed by atoms with Crippen molar-refractivity contribution < 1.29 is 13.2 Å². The van der Waals surface area contributed by atoms with Gasteiger partial charge in [-0.25, -0.2) is 8.42 Å². The summed E-state index contributed by atoms with van der Waals surface area (Å²) >= 11 is 0. The van der Waals surface area contributed by atoms with Crippen LogP contribution in [-0.2, 0) is 14.8 Å². The Labute approximate surface area is 156 Å². The molecule has 0 aromatic heterocycles. The van der Waals surface area contributed by atoms with Crippen LogP contribution in [0.15, 0.2) is 47.4 Å². The van der Waals surface area contributed by atoms with Crippen LogP contribution in [0.1, 0.15) is 30.5 Å². The molecule has 2 aromatic rings. The highest BCUT2D eigenvalue weighted by molar-refractivity contribution is 7.89. The molecule has 1 amide bonds. The summed E-state index contributed by atoms with van der Waals surface area (Å²) in [6.45, 7) is 9.12. The third-order valence-corrected chi connectivity index (χ3v) is 6.56. The lowest BCUT2D eigenvalue weighted by atomic mass is 10.2. The molecule has 0 saturated carbocycles. The Kier molecular flexibility index (Phi) is 6.21. The topological polar surface area (TPSA) is 66.5 Å². The molecule has 1 atom stereocenters. The van der Waals surface area contributed by atoms with Crippen LogP contribution in [-0.4, -0.2) is 31.2 Å². The molecule has 0 aliphatic heterocycles. The summed E-state index contributed by atoms with van der Waals surface area (Å²) in [6, 6.07) is 11.9. The molecule has 2 rings (SSSR count). The summed E-state index contributed by atoms with van der Waals surface area (Å²) in [7, 11) is -3.78. The minimum absolute atomic E-state index is 0.207. The first-order chi connectivity index (χ1) is 12.2. The first kappa shape index (κ1) is 20.1. The lowest BCUT2D eigenvalue weighted by Crippen LogP contribution is -2.45. The predicted octanol–water partition coefficient (Wildman–Crippen LogP) is 3.65. The van der Waals surface area contributed by atoms with Crippen LogP contribution in [0.5, 0.6) is 0 Å². The van der Waals surface area contributed by atoms with Crippen LogP contribution >= 0.6 is 0 Å². The van der Waals surface area contributed by atoms with Crippen LogP contribution in [0.25, 0.3) is 0 Å². The average molecular weight is 375 g/mol. The Bertz CT molecular complexity index is 890. The van der Waals surface area contributed by atoms with Gasteiger partial charge in [0, 0.05) is 12.2 Å². The second-order valence-electron chi connectivity index (χ2n) is 6.51. The number of anilines is 1. The molecule has 0 bridgehead atoms. The van der Waals surface area contributed by atoms with Gasteiger partial charge in [0.1, 0.15) is 6.04 Å². The van der Waals surface area contributed by atoms with Crippen LogP contribution in [0.3, 0.4) is 0 Å². The lowest BCUT2D eigenvalue weighted by molar-refractivity contribution is -0.119. The Morgan fingerprint density at radius 3 is 2.19 bits per heavy atom. The zero-order chi connectivity index (χ0) is 19.5. The van der Waals surface area contributed by atoms with Gasteiger partial charge < -0.3 is 5.32 Å². The van der Waals surface area contributed by atoms with Crippen LogP contribution in [0, 0.1) is 20.8 Å². The highest BCUT2D eigenvalue weighted by Gasteiger charge is 2.32. The van der Waals surface area contributed by atoms with E-state index in [1.165, 1.54) is 4.31 Å². The highest BCUT2D eigenvalue weighted by Crippen LogP contribution is 2.23. The Balaban J connectivity index is 2.29. The molecular formula is C20H26N2O3S. The number of hydrogen-bond acceptors (Lipinski definition) is 3. The summed E-state index contributed by atoms with van der Waals surface area (Å²) in [5.41, 5.74) is 3.26. The number of nitrogens with zero attached hydrogens (tertiary/aromatic N) is 1. The SMILES string of the molecule is CCN([C@H](C)C(=O)Nc1ccc(C)cc1)S(=O)(=O)c1cc(C)ccc1C. The lowest BCUT2D eigenvalue weighted by Gasteiger charge is -2.27. The highest BCUT2D eigenvalue weighted by atomic mass is 32.2. The number of carbonyl (C=O) groups is 1. The number of benzene rings is 2. The number of hydrogen-bond donors (Lipinski definition) is 1. The van der Waals surface area contributed by atoms with E-state index in [1.54, 1.807) is 45.0 Å². The van der Waals surface area contributed by atoms with Gasteiger partial charge in [-0.1, -0.05) is 36.8 Å². The van der Waals surface area contributed by atoms with Crippen molar-refractivity contribution in [3.63, 3.8) is 0 Å². The third kappa shape index (κ3) is 4.31. The first-order valence-corrected chi connectivity index (χ1v) is 10.1. The van der Waals surface area contributed by atoms with E-state index >= 15 is 0 Å². The molecule has 0 unspecified atom stereocenters. The number of amides is 1. The van der Waals surface area contributed by atoms with Gasteiger partial charge in [-0.05, 0) is 57.0 Å². The Morgan fingerprint density at radius 1 is 1.04 bits per heavy atom. The summed E-state index contributed by atoms with van der Waals surface area (Å²) in [5.74, 6) is -0.357. The minimum atomic E-state index is -3.78. The van der Waals surface area contributed by atoms with Crippen LogP contribution < -0.4 is 5.32 Å². The van der Waals surface area contributed by atoms with E-state index in [2.05, 4.69) is 5.32 Å². The Hall–Kier alpha value is -2.18. The van der Waals surface area contributed by atoms with Crippen molar-refractivity contribution in [1.29, 1.82) is 0 Å². The van der Waals surface area contributed by atoms with Crippen molar-refractivity contribution in [2.45, 2.75) is 45.6 Å². The van der Waals surface area contributed by atoms with Gasteiger partial charge in [-0.2, -0.15) is 4.31 Å². The molecular weight excluding hydrogens is 348 g/mol. The second-order valence-corrected chi connectivity index (χ2v) is 8.37. The molecule has 0 radical (unpaired) electrons. The molecule has 1 N–H and O–H groups in total. The van der Waals surface area contributed by atoms with Gasteiger partial charge in [-0.15, -0.1) is 0 Å². The summed E-state index contributed by atoms with van der Waals surface area (Å²) in [4.78, 5) is 12.9. The largest absolute Gasteiger partial charge is 0.325 e. The van der Waals surface area contributed by atoms with E-state index in [0.717, 1.165) is 11.1 Å². The monoisotopic (exact) mass is 374 g/mol. The van der Waals surface area contributed by atoms with E-state index in [0.29, 0.717) is 11.3 Å². The fraction of sp³-hybridized carbons (Fsp3) is 0.350. The summed E-state index contributed by atoms with van der Waals surface area (Å²) in [5, 5.41) is 2.79. The number of likely N-dealkylation sites (N-methyl/N-ethyl adjacent to an activating group) is 1. The summed E-state index contributed by atoms with van der Waals surface area (Å²) in [6.07, 6.45) is 0. The molecule has 0 aliphatic rings. The molecule has 0 heterocycles. The fourth-order valence-corrected chi connectivity index (χ4v) is 4.69. The molecule has 140 valence electrons. The molecule has 0 spiro atoms. The van der Waals surface area contributed by atoms with Crippen LogP contribution in [0.4, 0.5) is 5.69 Å². The Morgan fingerprint density at radius 2 is 1.62 bits per heavy atom. The zero-order valence-electron chi connectivity index (χ0n) is 15.9. The number of carbonyl (C=O) groups excluding carboxylic acids is 1. The molecule has 2 aromatic carbocycles. The zero-order valence-corrected chi connectivity index (χ0v) is 16.7. The smallest absolute Gasteiger partial charge is 0.244 e. The first-order valence-electron chi connectivity index (χ1n) is 8.63. The van der Waals surface area contributed by atoms with E-state index in [-0.39, 0.29) is 17.3 Å². The fourth-order valence-electron chi connectivity index (χ4n) is 2.78. The van der Waals surface area contributed by atoms with Gasteiger partial charge in [-0.3, -0.25) is 4.79 Å². The molecule has 6 heteroatoms. The van der Waals surface area contributed by atoms with E-state index in [4.69, 9.17) is 0 Å². The molecule has 0 saturated heterocycles. The normalized spacial score (nSPS) is 12.8. The molecule has 0 aliphatic carbocycles. The molecule has 0 fully saturated rings. The number of aryl methyl sites for hydroxylation is 3. The maximum absolute atomic E-state index is 13.1. The standard InChI is InChI=1S/C20H26N2O3S/c1-6-22(26(24,25)19-13-15(3)7-10-16(19)4)17(5)20(23)21-18-11-8-14(2)9-12-18/h7-13,17H,6H2,1-5H3,(H,21,23)/t17-/m1/s1. The predicted molar refractivity (Wildman–Crippen MR) is 105 cm³/mol. The van der Waals surface area contributed by atoms with Gasteiger partial charge in [0.15, 0.2) is 0 Å². The van der Waals surface area contributed by atoms with Gasteiger partial charge >= 0.3 is 0 Å². The van der Waals surface area contributed by atoms with E-state index in [1.807, 2.05) is 32.0 Å².